The predicted molar refractivity (Wildman–Crippen MR) is 56.5 cm³/mol. The van der Waals surface area contributed by atoms with Crippen molar-refractivity contribution in [3.05, 3.63) is 36.0 Å². The molecule has 0 aliphatic carbocycles. The first-order valence-corrected chi connectivity index (χ1v) is 5.09. The number of rotatable bonds is 5. The lowest BCUT2D eigenvalue weighted by Crippen LogP contribution is -2.18. The van der Waals surface area contributed by atoms with E-state index in [0.29, 0.717) is 5.82 Å². The molecule has 2 rings (SSSR count). The fraction of sp³-hybridized carbons (Fsp3) is 0.400. The van der Waals surface area contributed by atoms with Crippen molar-refractivity contribution in [2.75, 3.05) is 6.54 Å². The van der Waals surface area contributed by atoms with Gasteiger partial charge in [0.1, 0.15) is 5.82 Å². The van der Waals surface area contributed by atoms with Crippen LogP contribution in [0.1, 0.15) is 17.3 Å². The molecule has 0 radical (unpaired) electrons. The standard InChI is InChI=1S/C10H13N5O/c1-8-12-5-2-9(14-8)6-11-4-3-10-13-7-16-15-10/h2,5,7,11H,3-4,6H2,1H3. The molecule has 0 saturated heterocycles. The average molecular weight is 219 g/mol. The Morgan fingerprint density at radius 2 is 2.31 bits per heavy atom. The molecule has 1 N–H and O–H groups in total. The molecular formula is C10H13N5O. The van der Waals surface area contributed by atoms with Crippen molar-refractivity contribution in [1.29, 1.82) is 0 Å². The Labute approximate surface area is 93.1 Å². The van der Waals surface area contributed by atoms with E-state index in [0.717, 1.165) is 31.0 Å². The molecule has 0 amide bonds. The number of hydrogen-bond donors (Lipinski definition) is 1. The van der Waals surface area contributed by atoms with Gasteiger partial charge < -0.3 is 9.84 Å². The molecule has 0 aliphatic heterocycles. The van der Waals surface area contributed by atoms with Crippen LogP contribution in [-0.4, -0.2) is 26.7 Å². The summed E-state index contributed by atoms with van der Waals surface area (Å²) in [4.78, 5) is 12.3. The summed E-state index contributed by atoms with van der Waals surface area (Å²) < 4.78 is 4.64. The zero-order valence-electron chi connectivity index (χ0n) is 9.05. The lowest BCUT2D eigenvalue weighted by molar-refractivity contribution is 0.409. The number of aryl methyl sites for hydroxylation is 1. The SMILES string of the molecule is Cc1nccc(CNCCc2ncon2)n1. The lowest BCUT2D eigenvalue weighted by Gasteiger charge is -2.02. The van der Waals surface area contributed by atoms with Crippen LogP contribution in [0.15, 0.2) is 23.2 Å². The summed E-state index contributed by atoms with van der Waals surface area (Å²) in [5, 5.41) is 6.98. The Bertz CT molecular complexity index is 429. The fourth-order valence-electron chi connectivity index (χ4n) is 1.32. The summed E-state index contributed by atoms with van der Waals surface area (Å²) in [5.41, 5.74) is 0.987. The Balaban J connectivity index is 1.72. The Kier molecular flexibility index (Phi) is 3.55. The van der Waals surface area contributed by atoms with Crippen LogP contribution in [0.5, 0.6) is 0 Å². The van der Waals surface area contributed by atoms with Gasteiger partial charge in [-0.2, -0.15) is 4.98 Å². The van der Waals surface area contributed by atoms with Gasteiger partial charge in [0.2, 0.25) is 6.39 Å². The first kappa shape index (κ1) is 10.7. The van der Waals surface area contributed by atoms with Crippen molar-refractivity contribution < 1.29 is 4.52 Å². The van der Waals surface area contributed by atoms with Gasteiger partial charge in [-0.3, -0.25) is 0 Å². The van der Waals surface area contributed by atoms with Crippen LogP contribution in [0, 0.1) is 6.92 Å². The van der Waals surface area contributed by atoms with E-state index >= 15 is 0 Å². The number of hydrogen-bond acceptors (Lipinski definition) is 6. The minimum absolute atomic E-state index is 0.714. The van der Waals surface area contributed by atoms with Crippen LogP contribution < -0.4 is 5.32 Å². The molecular weight excluding hydrogens is 206 g/mol. The Morgan fingerprint density at radius 3 is 3.06 bits per heavy atom. The van der Waals surface area contributed by atoms with E-state index in [4.69, 9.17) is 0 Å². The molecule has 6 heteroatoms. The molecule has 0 aliphatic rings. The van der Waals surface area contributed by atoms with E-state index in [1.165, 1.54) is 6.39 Å². The van der Waals surface area contributed by atoms with Crippen molar-refractivity contribution >= 4 is 0 Å². The van der Waals surface area contributed by atoms with Crippen LogP contribution in [0.2, 0.25) is 0 Å². The third-order valence-electron chi connectivity index (χ3n) is 2.07. The quantitative estimate of drug-likeness (QED) is 0.738. The average Bonchev–Trinajstić information content (AvgIpc) is 2.77. The highest BCUT2D eigenvalue weighted by Crippen LogP contribution is 1.94. The normalized spacial score (nSPS) is 10.6. The molecule has 84 valence electrons. The van der Waals surface area contributed by atoms with E-state index in [1.54, 1.807) is 6.20 Å². The van der Waals surface area contributed by atoms with Gasteiger partial charge >= 0.3 is 0 Å². The largest absolute Gasteiger partial charge is 0.343 e. The lowest BCUT2D eigenvalue weighted by atomic mass is 10.3. The first-order chi connectivity index (χ1) is 7.84. The molecule has 0 bridgehead atoms. The molecule has 0 fully saturated rings. The van der Waals surface area contributed by atoms with E-state index < -0.39 is 0 Å². The van der Waals surface area contributed by atoms with Crippen LogP contribution in [-0.2, 0) is 13.0 Å². The number of nitrogens with zero attached hydrogens (tertiary/aromatic N) is 4. The van der Waals surface area contributed by atoms with Crippen LogP contribution >= 0.6 is 0 Å². The molecule has 6 nitrogen and oxygen atoms in total. The van der Waals surface area contributed by atoms with Gasteiger partial charge in [-0.1, -0.05) is 5.16 Å². The number of aromatic nitrogens is 4. The van der Waals surface area contributed by atoms with Gasteiger partial charge in [0.15, 0.2) is 5.82 Å². The highest BCUT2D eigenvalue weighted by molar-refractivity contribution is 5.01. The second-order valence-corrected chi connectivity index (χ2v) is 3.37. The predicted octanol–water partition coefficient (Wildman–Crippen LogP) is 0.500. The monoisotopic (exact) mass is 219 g/mol. The van der Waals surface area contributed by atoms with E-state index in [2.05, 4.69) is 29.9 Å². The van der Waals surface area contributed by atoms with Gasteiger partial charge in [-0.25, -0.2) is 9.97 Å². The summed E-state index contributed by atoms with van der Waals surface area (Å²) in [6, 6.07) is 1.90. The molecule has 16 heavy (non-hydrogen) atoms. The van der Waals surface area contributed by atoms with Crippen LogP contribution in [0.3, 0.4) is 0 Å². The van der Waals surface area contributed by atoms with Gasteiger partial charge in [-0.15, -0.1) is 0 Å². The van der Waals surface area contributed by atoms with E-state index in [1.807, 2.05) is 13.0 Å². The van der Waals surface area contributed by atoms with Crippen molar-refractivity contribution in [2.45, 2.75) is 19.9 Å². The van der Waals surface area contributed by atoms with E-state index in [-0.39, 0.29) is 0 Å². The minimum Gasteiger partial charge on any atom is -0.343 e. The maximum Gasteiger partial charge on any atom is 0.213 e. The van der Waals surface area contributed by atoms with E-state index in [9.17, 15) is 0 Å². The molecule has 0 atom stereocenters. The molecule has 0 unspecified atom stereocenters. The maximum absolute atomic E-state index is 4.64. The molecule has 2 aromatic rings. The second kappa shape index (κ2) is 5.32. The summed E-state index contributed by atoms with van der Waals surface area (Å²) >= 11 is 0. The fourth-order valence-corrected chi connectivity index (χ4v) is 1.32. The third kappa shape index (κ3) is 3.09. The molecule has 2 aromatic heterocycles. The summed E-state index contributed by atoms with van der Waals surface area (Å²) in [6.07, 6.45) is 3.85. The number of nitrogens with one attached hydrogen (secondary N) is 1. The summed E-state index contributed by atoms with van der Waals surface area (Å²) in [6.45, 7) is 3.40. The van der Waals surface area contributed by atoms with Crippen molar-refractivity contribution in [1.82, 2.24) is 25.4 Å². The third-order valence-corrected chi connectivity index (χ3v) is 2.07. The molecule has 0 aromatic carbocycles. The maximum atomic E-state index is 4.64. The van der Waals surface area contributed by atoms with Crippen molar-refractivity contribution in [3.63, 3.8) is 0 Å². The van der Waals surface area contributed by atoms with Crippen molar-refractivity contribution in [3.8, 4) is 0 Å². The van der Waals surface area contributed by atoms with Crippen LogP contribution in [0.4, 0.5) is 0 Å². The highest BCUT2D eigenvalue weighted by atomic mass is 16.5. The molecule has 0 saturated carbocycles. The van der Waals surface area contributed by atoms with Gasteiger partial charge in [-0.05, 0) is 13.0 Å². The summed E-state index contributed by atoms with van der Waals surface area (Å²) in [5.74, 6) is 1.50. The molecule has 2 heterocycles. The minimum atomic E-state index is 0.714. The Hall–Kier alpha value is -1.82. The zero-order valence-corrected chi connectivity index (χ0v) is 9.05. The van der Waals surface area contributed by atoms with Crippen LogP contribution in [0.25, 0.3) is 0 Å². The van der Waals surface area contributed by atoms with Gasteiger partial charge in [0.05, 0.1) is 5.69 Å². The zero-order chi connectivity index (χ0) is 11.2. The second-order valence-electron chi connectivity index (χ2n) is 3.37. The molecule has 0 spiro atoms. The smallest absolute Gasteiger partial charge is 0.213 e. The summed E-state index contributed by atoms with van der Waals surface area (Å²) in [7, 11) is 0. The van der Waals surface area contributed by atoms with Gasteiger partial charge in [0, 0.05) is 25.7 Å². The first-order valence-electron chi connectivity index (χ1n) is 5.09. The van der Waals surface area contributed by atoms with Gasteiger partial charge in [0.25, 0.3) is 0 Å². The topological polar surface area (TPSA) is 76.7 Å². The van der Waals surface area contributed by atoms with Crippen molar-refractivity contribution in [2.24, 2.45) is 0 Å². The Morgan fingerprint density at radius 1 is 1.38 bits per heavy atom. The highest BCUT2D eigenvalue weighted by Gasteiger charge is 1.98.